The number of aromatic nitrogens is 2. The van der Waals surface area contributed by atoms with Crippen LogP contribution in [-0.2, 0) is 24.1 Å². The van der Waals surface area contributed by atoms with Crippen LogP contribution in [0.4, 0.5) is 14.6 Å². The number of amides is 1. The first-order valence-electron chi connectivity index (χ1n) is 20.5. The monoisotopic (exact) mass is 883 g/mol. The van der Waals surface area contributed by atoms with Crippen molar-refractivity contribution in [1.29, 1.82) is 5.26 Å². The van der Waals surface area contributed by atoms with Crippen LogP contribution < -0.4 is 20.5 Å². The Morgan fingerprint density at radius 2 is 1.44 bits per heavy atom. The number of anilines is 1. The highest BCUT2D eigenvalue weighted by molar-refractivity contribution is 7.44. The smallest absolute Gasteiger partial charge is 0.351 e. The lowest BCUT2D eigenvalue weighted by Crippen LogP contribution is -2.45. The number of nitrogens with one attached hydrogen (secondary N) is 1. The quantitative estimate of drug-likeness (QED) is 0.0482. The number of carbonyl (C=O) groups is 1. The highest BCUT2D eigenvalue weighted by Gasteiger charge is 2.63. The van der Waals surface area contributed by atoms with Crippen molar-refractivity contribution in [3.8, 4) is 17.6 Å². The minimum absolute atomic E-state index is 0.00420. The van der Waals surface area contributed by atoms with E-state index >= 15 is 8.78 Å². The lowest BCUT2D eigenvalue weighted by atomic mass is 9.80. The van der Waals surface area contributed by atoms with Gasteiger partial charge in [0.2, 0.25) is 6.23 Å². The zero-order valence-electron chi connectivity index (χ0n) is 36.2. The van der Waals surface area contributed by atoms with E-state index in [1.165, 1.54) is 13.1 Å². The van der Waals surface area contributed by atoms with Gasteiger partial charge in [0.05, 0.1) is 39.9 Å². The molecule has 1 aliphatic rings. The number of alkyl halides is 2. The van der Waals surface area contributed by atoms with Crippen molar-refractivity contribution in [1.82, 2.24) is 14.2 Å². The molecule has 6 rings (SSSR count). The first-order chi connectivity index (χ1) is 30.2. The molecule has 4 atom stereocenters. The van der Waals surface area contributed by atoms with Crippen LogP contribution in [0.2, 0.25) is 0 Å². The van der Waals surface area contributed by atoms with E-state index in [0.29, 0.717) is 38.3 Å². The van der Waals surface area contributed by atoms with Crippen molar-refractivity contribution in [2.45, 2.75) is 83.1 Å². The maximum absolute atomic E-state index is 17.5. The number of halogens is 2. The number of ether oxygens (including phenoxy) is 4. The summed E-state index contributed by atoms with van der Waals surface area (Å²) in [5.74, 6) is -3.35. The van der Waals surface area contributed by atoms with E-state index in [0.717, 1.165) is 0 Å². The fraction of sp³-hybridized carbons (Fsp3) is 0.362. The van der Waals surface area contributed by atoms with Crippen LogP contribution in [0.3, 0.4) is 0 Å². The molecule has 1 aliphatic heterocycles. The molecule has 5 aromatic rings. The third-order valence-electron chi connectivity index (χ3n) is 10.5. The number of hydrogen-bond acceptors (Lipinski definition) is 11. The Labute approximate surface area is 367 Å². The number of methoxy groups -OCH3 is 2. The molecule has 1 unspecified atom stereocenters. The standard InChI is InChI=1S/C47H52F2N5O8P/c1-31(2)54(32(3)4)63(60-28-14-27-50)62-41-40(61-44(47(41,48)49)53-29-33(5)42(52-45(53)56)51-43(55)34-15-10-8-11-16-34)30-59-46(35-17-12-9-13-18-35,36-19-23-38(57-6)24-20-36)37-21-25-39(58-7)26-22-37/h8-13,15-26,29,31-32,40-41,44H,14,28,30H2,1-7H3,(H,51,52,55,56)/t40-,41-,44-,63?/m1/s1. The zero-order chi connectivity index (χ0) is 45.3. The third kappa shape index (κ3) is 10.3. The molecule has 0 spiro atoms. The van der Waals surface area contributed by atoms with E-state index in [1.54, 1.807) is 68.8 Å². The van der Waals surface area contributed by atoms with Crippen LogP contribution in [0.5, 0.6) is 11.5 Å². The first-order valence-corrected chi connectivity index (χ1v) is 21.6. The molecule has 1 N–H and O–H groups in total. The number of hydrogen-bond donors (Lipinski definition) is 1. The molecule has 0 radical (unpaired) electrons. The molecule has 332 valence electrons. The van der Waals surface area contributed by atoms with Crippen LogP contribution >= 0.6 is 8.53 Å². The number of carbonyl (C=O) groups excluding carboxylic acids is 1. The molecule has 1 amide bonds. The van der Waals surface area contributed by atoms with Crippen molar-refractivity contribution in [3.05, 3.63) is 154 Å². The summed E-state index contributed by atoms with van der Waals surface area (Å²) in [4.78, 5) is 30.8. The molecule has 13 nitrogen and oxygen atoms in total. The van der Waals surface area contributed by atoms with Gasteiger partial charge in [0.15, 0.2) is 6.10 Å². The van der Waals surface area contributed by atoms with Gasteiger partial charge < -0.3 is 33.3 Å². The van der Waals surface area contributed by atoms with E-state index in [9.17, 15) is 14.9 Å². The fourth-order valence-electron chi connectivity index (χ4n) is 7.54. The Hall–Kier alpha value is -5.59. The van der Waals surface area contributed by atoms with Gasteiger partial charge in [0, 0.05) is 29.4 Å². The largest absolute Gasteiger partial charge is 0.497 e. The van der Waals surface area contributed by atoms with Crippen LogP contribution in [0.1, 0.15) is 73.0 Å². The Bertz CT molecular complexity index is 2330. The summed E-state index contributed by atoms with van der Waals surface area (Å²) in [7, 11) is 0.874. The van der Waals surface area contributed by atoms with Crippen molar-refractivity contribution < 1.29 is 41.6 Å². The summed E-state index contributed by atoms with van der Waals surface area (Å²) in [6, 6.07) is 33.8. The second-order valence-electron chi connectivity index (χ2n) is 15.4. The zero-order valence-corrected chi connectivity index (χ0v) is 37.1. The van der Waals surface area contributed by atoms with E-state index in [-0.39, 0.29) is 36.5 Å². The second kappa shape index (κ2) is 20.7. The summed E-state index contributed by atoms with van der Waals surface area (Å²) in [5, 5.41) is 12.0. The van der Waals surface area contributed by atoms with Crippen molar-refractivity contribution in [2.75, 3.05) is 32.8 Å². The maximum Gasteiger partial charge on any atom is 0.351 e. The fourth-order valence-corrected chi connectivity index (χ4v) is 9.31. The van der Waals surface area contributed by atoms with Crippen molar-refractivity contribution in [2.24, 2.45) is 0 Å². The second-order valence-corrected chi connectivity index (χ2v) is 16.8. The molecule has 16 heteroatoms. The van der Waals surface area contributed by atoms with Gasteiger partial charge in [-0.1, -0.05) is 72.8 Å². The van der Waals surface area contributed by atoms with Gasteiger partial charge in [-0.05, 0) is 87.7 Å². The number of nitriles is 1. The summed E-state index contributed by atoms with van der Waals surface area (Å²) in [6.45, 7) is 8.54. The van der Waals surface area contributed by atoms with Gasteiger partial charge in [-0.2, -0.15) is 19.0 Å². The minimum Gasteiger partial charge on any atom is -0.497 e. The molecule has 0 aliphatic carbocycles. The summed E-state index contributed by atoms with van der Waals surface area (Å²) >= 11 is 0. The lowest BCUT2D eigenvalue weighted by Gasteiger charge is -2.39. The van der Waals surface area contributed by atoms with Gasteiger partial charge in [-0.3, -0.25) is 9.36 Å². The minimum atomic E-state index is -3.91. The van der Waals surface area contributed by atoms with Crippen molar-refractivity contribution >= 4 is 20.3 Å². The number of benzene rings is 4. The van der Waals surface area contributed by atoms with Crippen molar-refractivity contribution in [3.63, 3.8) is 0 Å². The molecule has 63 heavy (non-hydrogen) atoms. The van der Waals surface area contributed by atoms with Gasteiger partial charge in [-0.25, -0.2) is 9.46 Å². The number of aryl methyl sites for hydroxylation is 1. The SMILES string of the molecule is COc1ccc(C(OC[C@H]2O[C@@H](n3cc(C)c(NC(=O)c4ccccc4)nc3=O)C(F)(F)[C@@H]2OP(OCCC#N)N(C(C)C)C(C)C)(c2ccccc2)c2ccc(OC)cc2)cc1. The van der Waals surface area contributed by atoms with Gasteiger partial charge in [0.1, 0.15) is 29.0 Å². The maximum atomic E-state index is 17.5. The number of rotatable bonds is 19. The Morgan fingerprint density at radius 3 is 1.97 bits per heavy atom. The van der Waals surface area contributed by atoms with Crippen LogP contribution in [0.25, 0.3) is 0 Å². The Morgan fingerprint density at radius 1 is 0.905 bits per heavy atom. The van der Waals surface area contributed by atoms with Crippen LogP contribution in [0.15, 0.2) is 120 Å². The van der Waals surface area contributed by atoms with Gasteiger partial charge in [-0.15, -0.1) is 0 Å². The number of nitrogens with zero attached hydrogens (tertiary/aromatic N) is 4. The molecule has 1 aromatic heterocycles. The topological polar surface area (TPSA) is 146 Å². The van der Waals surface area contributed by atoms with Gasteiger partial charge >= 0.3 is 11.6 Å². The predicted octanol–water partition coefficient (Wildman–Crippen LogP) is 9.02. The van der Waals surface area contributed by atoms with Crippen LogP contribution in [0, 0.1) is 18.3 Å². The van der Waals surface area contributed by atoms with E-state index in [1.807, 2.05) is 93.0 Å². The highest BCUT2D eigenvalue weighted by Crippen LogP contribution is 2.54. The average molecular weight is 884 g/mol. The van der Waals surface area contributed by atoms with E-state index in [2.05, 4.69) is 10.3 Å². The third-order valence-corrected chi connectivity index (χ3v) is 12.6. The van der Waals surface area contributed by atoms with Crippen LogP contribution in [-0.4, -0.2) is 77.8 Å². The Kier molecular flexibility index (Phi) is 15.4. The molecule has 0 saturated carbocycles. The summed E-state index contributed by atoms with van der Waals surface area (Å²) in [5.41, 5.74) is -0.00215. The molecule has 1 fully saturated rings. The molecular weight excluding hydrogens is 832 g/mol. The molecule has 2 heterocycles. The van der Waals surface area contributed by atoms with E-state index in [4.69, 9.17) is 28.0 Å². The molecule has 4 aromatic carbocycles. The molecule has 1 saturated heterocycles. The van der Waals surface area contributed by atoms with E-state index < -0.39 is 56.7 Å². The summed E-state index contributed by atoms with van der Waals surface area (Å²) in [6.07, 6.45) is -4.64. The molecule has 0 bridgehead atoms. The van der Waals surface area contributed by atoms with Gasteiger partial charge in [0.25, 0.3) is 14.4 Å². The molecular formula is C47H52F2N5O8P. The highest BCUT2D eigenvalue weighted by atomic mass is 31.2. The predicted molar refractivity (Wildman–Crippen MR) is 235 cm³/mol. The lowest BCUT2D eigenvalue weighted by molar-refractivity contribution is -0.138. The normalized spacial score (nSPS) is 17.7. The first kappa shape index (κ1) is 46.9. The summed E-state index contributed by atoms with van der Waals surface area (Å²) < 4.78 is 74.4. The Balaban J connectivity index is 1.46. The average Bonchev–Trinajstić information content (AvgIpc) is 3.53.